The Morgan fingerprint density at radius 1 is 1.24 bits per heavy atom. The van der Waals surface area contributed by atoms with E-state index < -0.39 is 53.8 Å². The molecular formula is C27H28N2O12. The summed E-state index contributed by atoms with van der Waals surface area (Å²) >= 11 is 0. The van der Waals surface area contributed by atoms with Gasteiger partial charge >= 0.3 is 17.9 Å². The van der Waals surface area contributed by atoms with Crippen molar-refractivity contribution in [2.75, 3.05) is 13.7 Å². The monoisotopic (exact) mass is 572 g/mol. The summed E-state index contributed by atoms with van der Waals surface area (Å²) in [6.45, 7) is 2.77. The molecule has 2 N–H and O–H groups in total. The number of oxime groups is 1. The van der Waals surface area contributed by atoms with Crippen molar-refractivity contribution < 1.29 is 52.5 Å². The topological polar surface area (TPSA) is 174 Å². The van der Waals surface area contributed by atoms with Crippen LogP contribution in [0.1, 0.15) is 43.7 Å². The fourth-order valence-electron chi connectivity index (χ4n) is 5.56. The fourth-order valence-corrected chi connectivity index (χ4v) is 5.56. The van der Waals surface area contributed by atoms with Gasteiger partial charge in [0.25, 0.3) is 0 Å². The molecule has 1 aromatic heterocycles. The number of hydrogen-bond donors (Lipinski definition) is 2. The van der Waals surface area contributed by atoms with Crippen LogP contribution < -0.4 is 15.8 Å². The average molecular weight is 573 g/mol. The molecule has 3 fully saturated rings. The van der Waals surface area contributed by atoms with Gasteiger partial charge in [0.05, 0.1) is 11.1 Å². The van der Waals surface area contributed by atoms with Gasteiger partial charge in [-0.3, -0.25) is 9.68 Å². The van der Waals surface area contributed by atoms with Crippen molar-refractivity contribution in [1.29, 1.82) is 0 Å². The van der Waals surface area contributed by atoms with Crippen molar-refractivity contribution in [3.8, 4) is 23.8 Å². The summed E-state index contributed by atoms with van der Waals surface area (Å²) in [5.41, 5.74) is 0.195. The quantitative estimate of drug-likeness (QED) is 0.0946. The molecule has 14 nitrogen and oxygen atoms in total. The second kappa shape index (κ2) is 11.3. The predicted molar refractivity (Wildman–Crippen MR) is 138 cm³/mol. The maximum atomic E-state index is 12.9. The largest absolute Gasteiger partial charge is 0.509 e. The van der Waals surface area contributed by atoms with Crippen LogP contribution in [0.15, 0.2) is 26.5 Å². The van der Waals surface area contributed by atoms with Gasteiger partial charge < -0.3 is 33.2 Å². The summed E-state index contributed by atoms with van der Waals surface area (Å²) in [7, 11) is 1.54. The molecule has 2 aliphatic heterocycles. The van der Waals surface area contributed by atoms with E-state index in [2.05, 4.69) is 20.8 Å². The third-order valence-corrected chi connectivity index (χ3v) is 7.36. The van der Waals surface area contributed by atoms with Gasteiger partial charge in [-0.15, -0.1) is 6.42 Å². The zero-order chi connectivity index (χ0) is 29.3. The predicted octanol–water partition coefficient (Wildman–Crippen LogP) is 2.79. The molecule has 3 heterocycles. The van der Waals surface area contributed by atoms with Gasteiger partial charge in [-0.25, -0.2) is 14.4 Å². The van der Waals surface area contributed by atoms with E-state index in [9.17, 15) is 19.5 Å². The fraction of sp³-hybridized carbons (Fsp3) is 0.481. The van der Waals surface area contributed by atoms with Gasteiger partial charge in [-0.05, 0) is 38.8 Å². The number of aryl methyl sites for hydroxylation is 1. The summed E-state index contributed by atoms with van der Waals surface area (Å²) in [6, 6.07) is 3.04. The first-order valence-electron chi connectivity index (χ1n) is 12.8. The van der Waals surface area contributed by atoms with Crippen LogP contribution in [-0.2, 0) is 28.6 Å². The number of carbonyl (C=O) groups is 2. The molecule has 1 aromatic carbocycles. The molecule has 1 aliphatic carbocycles. The third-order valence-electron chi connectivity index (χ3n) is 7.36. The molecule has 1 amide bonds. The number of rotatable bonds is 7. The molecule has 1 saturated carbocycles. The van der Waals surface area contributed by atoms with Crippen LogP contribution in [0.4, 0.5) is 9.59 Å². The highest BCUT2D eigenvalue weighted by atomic mass is 16.8. The molecule has 14 heteroatoms. The van der Waals surface area contributed by atoms with Crippen molar-refractivity contribution in [2.45, 2.75) is 69.7 Å². The number of ether oxygens (including phenoxy) is 5. The van der Waals surface area contributed by atoms with E-state index in [0.29, 0.717) is 18.4 Å². The van der Waals surface area contributed by atoms with Crippen molar-refractivity contribution in [3.05, 3.63) is 33.7 Å². The van der Waals surface area contributed by atoms with Crippen LogP contribution in [0.3, 0.4) is 0 Å². The molecule has 1 unspecified atom stereocenters. The van der Waals surface area contributed by atoms with E-state index in [1.165, 1.54) is 20.1 Å². The van der Waals surface area contributed by atoms with Crippen LogP contribution in [0.2, 0.25) is 0 Å². The second-order valence-corrected chi connectivity index (χ2v) is 9.78. The number of nitrogens with one attached hydrogen (secondary N) is 1. The van der Waals surface area contributed by atoms with Crippen molar-refractivity contribution in [1.82, 2.24) is 5.48 Å². The standard InChI is InChI=1S/C27H28N2O12/c1-5-12-35-29-25(32)41-28-14(3)17-18(30)15-8-9-16(13(2)19(15)37-23(17)31)36-24-21-20(38-26(33)39-21)22(34-4)27(40-24)10-6-7-11-27/h1,8-9,20-22,24,30H,6-7,10-12H2,2-4H3,(H,29,32)/b28-14+/t20-,21+,22+,24?/m0/s1. The molecule has 218 valence electrons. The minimum atomic E-state index is -1.09. The number of nitrogens with zero attached hydrogens (tertiary/aromatic N) is 1. The van der Waals surface area contributed by atoms with Crippen molar-refractivity contribution in [3.63, 3.8) is 0 Å². The van der Waals surface area contributed by atoms with E-state index in [0.717, 1.165) is 12.8 Å². The Kier molecular flexibility index (Phi) is 7.76. The number of amides is 1. The van der Waals surface area contributed by atoms with E-state index in [1.54, 1.807) is 13.0 Å². The van der Waals surface area contributed by atoms with E-state index in [-0.39, 0.29) is 34.6 Å². The molecule has 3 aliphatic rings. The number of hydrogen-bond acceptors (Lipinski definition) is 13. The summed E-state index contributed by atoms with van der Waals surface area (Å²) in [6.07, 6.45) is 3.10. The normalized spacial score (nSPS) is 24.8. The van der Waals surface area contributed by atoms with E-state index in [4.69, 9.17) is 34.5 Å². The Morgan fingerprint density at radius 2 is 1.98 bits per heavy atom. The van der Waals surface area contributed by atoms with Gasteiger partial charge in [0.15, 0.2) is 6.10 Å². The second-order valence-electron chi connectivity index (χ2n) is 9.78. The van der Waals surface area contributed by atoms with Gasteiger partial charge in [0.1, 0.15) is 41.0 Å². The van der Waals surface area contributed by atoms with Crippen molar-refractivity contribution >= 4 is 28.9 Å². The van der Waals surface area contributed by atoms with E-state index >= 15 is 0 Å². The molecule has 2 aromatic rings. The first-order valence-corrected chi connectivity index (χ1v) is 12.8. The first-order chi connectivity index (χ1) is 19.7. The minimum absolute atomic E-state index is 0.0419. The Balaban J connectivity index is 1.42. The number of carbonyl (C=O) groups excluding carboxylic acids is 2. The summed E-state index contributed by atoms with van der Waals surface area (Å²) in [5.74, 6) is 1.96. The van der Waals surface area contributed by atoms with Gasteiger partial charge in [-0.1, -0.05) is 23.9 Å². The Hall–Kier alpha value is -4.32. The Bertz CT molecular complexity index is 1490. The molecule has 0 radical (unpaired) electrons. The maximum absolute atomic E-state index is 12.9. The Morgan fingerprint density at radius 3 is 2.68 bits per heavy atom. The lowest BCUT2D eigenvalue weighted by atomic mass is 9.85. The van der Waals surface area contributed by atoms with Gasteiger partial charge in [-0.2, -0.15) is 5.48 Å². The number of terminal acetylenes is 1. The minimum Gasteiger partial charge on any atom is -0.506 e. The SMILES string of the molecule is C#CCONC(=O)O/N=C(\C)c1c(O)c2ccc(OC3OC4(CCCC4)[C@H](OC)[C@H]4OC(=O)O[C@@H]34)c(C)c2oc1=O. The highest BCUT2D eigenvalue weighted by Crippen LogP contribution is 2.47. The number of benzene rings is 1. The lowest BCUT2D eigenvalue weighted by molar-refractivity contribution is -0.292. The highest BCUT2D eigenvalue weighted by molar-refractivity contribution is 6.05. The zero-order valence-electron chi connectivity index (χ0n) is 22.5. The Labute approximate surface area is 233 Å². The first kappa shape index (κ1) is 28.2. The average Bonchev–Trinajstić information content (AvgIpc) is 3.56. The zero-order valence-corrected chi connectivity index (χ0v) is 22.5. The lowest BCUT2D eigenvalue weighted by Crippen LogP contribution is -2.64. The van der Waals surface area contributed by atoms with Crippen LogP contribution in [0.25, 0.3) is 11.0 Å². The third kappa shape index (κ3) is 5.15. The molecular weight excluding hydrogens is 544 g/mol. The smallest absolute Gasteiger partial charge is 0.506 e. The molecule has 5 rings (SSSR count). The molecule has 2 saturated heterocycles. The van der Waals surface area contributed by atoms with Gasteiger partial charge in [0, 0.05) is 12.7 Å². The molecule has 0 bridgehead atoms. The summed E-state index contributed by atoms with van der Waals surface area (Å²) in [4.78, 5) is 45.8. The number of aromatic hydroxyl groups is 1. The van der Waals surface area contributed by atoms with E-state index in [1.807, 2.05) is 5.48 Å². The lowest BCUT2D eigenvalue weighted by Gasteiger charge is -2.47. The molecule has 4 atom stereocenters. The van der Waals surface area contributed by atoms with Crippen LogP contribution >= 0.6 is 0 Å². The van der Waals surface area contributed by atoms with Crippen LogP contribution in [0.5, 0.6) is 11.5 Å². The number of methoxy groups -OCH3 is 1. The van der Waals surface area contributed by atoms with Gasteiger partial charge in [0.2, 0.25) is 12.4 Å². The van der Waals surface area contributed by atoms with Crippen LogP contribution in [-0.4, -0.2) is 67.0 Å². The number of fused-ring (bicyclic) bond motifs is 2. The molecule has 41 heavy (non-hydrogen) atoms. The van der Waals surface area contributed by atoms with Crippen LogP contribution in [0, 0.1) is 19.3 Å². The number of hydroxylamine groups is 1. The van der Waals surface area contributed by atoms with Crippen molar-refractivity contribution in [2.24, 2.45) is 5.16 Å². The molecule has 1 spiro atoms. The maximum Gasteiger partial charge on any atom is 0.509 e. The highest BCUT2D eigenvalue weighted by Gasteiger charge is 2.62. The summed E-state index contributed by atoms with van der Waals surface area (Å²) in [5, 5.41) is 14.7. The summed E-state index contributed by atoms with van der Waals surface area (Å²) < 4.78 is 34.7.